The van der Waals surface area contributed by atoms with Crippen LogP contribution in [-0.4, -0.2) is 37.3 Å². The lowest BCUT2D eigenvalue weighted by Crippen LogP contribution is -2.33. The number of rotatable bonds is 5. The van der Waals surface area contributed by atoms with Gasteiger partial charge in [-0.15, -0.1) is 0 Å². The number of benzene rings is 2. The molecule has 0 spiro atoms. The predicted octanol–water partition coefficient (Wildman–Crippen LogP) is 3.27. The summed E-state index contributed by atoms with van der Waals surface area (Å²) in [5.41, 5.74) is 1.90. The quantitative estimate of drug-likeness (QED) is 0.279. The predicted molar refractivity (Wildman–Crippen MR) is 130 cm³/mol. The minimum atomic E-state index is -0.594. The van der Waals surface area contributed by atoms with Crippen molar-refractivity contribution in [3.63, 3.8) is 0 Å². The van der Waals surface area contributed by atoms with Crippen molar-refractivity contribution in [1.29, 1.82) is 0 Å². The van der Waals surface area contributed by atoms with Crippen molar-refractivity contribution in [2.45, 2.75) is 19.8 Å². The highest BCUT2D eigenvalue weighted by Gasteiger charge is 2.59. The van der Waals surface area contributed by atoms with E-state index in [0.717, 1.165) is 6.42 Å². The van der Waals surface area contributed by atoms with E-state index < -0.39 is 11.9 Å². The zero-order valence-corrected chi connectivity index (χ0v) is 20.0. The third-order valence-electron chi connectivity index (χ3n) is 7.94. The Kier molecular flexibility index (Phi) is 5.21. The Labute approximate surface area is 208 Å². The molecular formula is C28H26N2O6. The van der Waals surface area contributed by atoms with E-state index in [-0.39, 0.29) is 54.4 Å². The number of amides is 3. The maximum absolute atomic E-state index is 13.1. The number of fused-ring (bicyclic) bond motifs is 5. The fourth-order valence-electron chi connectivity index (χ4n) is 6.16. The van der Waals surface area contributed by atoms with Gasteiger partial charge in [0, 0.05) is 18.7 Å². The minimum Gasteiger partial charge on any atom is -0.497 e. The largest absolute Gasteiger partial charge is 0.497 e. The molecule has 0 aromatic heterocycles. The van der Waals surface area contributed by atoms with Crippen LogP contribution in [0, 0.1) is 36.5 Å². The number of allylic oxidation sites excluding steroid dienone is 2. The second-order valence-electron chi connectivity index (χ2n) is 9.98. The average molecular weight is 487 g/mol. The Hall–Kier alpha value is -3.94. The second-order valence-corrected chi connectivity index (χ2v) is 9.98. The monoisotopic (exact) mass is 486 g/mol. The first-order valence-electron chi connectivity index (χ1n) is 12.2. The molecule has 3 amide bonds. The zero-order chi connectivity index (χ0) is 25.1. The van der Waals surface area contributed by atoms with Crippen LogP contribution in [0.25, 0.3) is 0 Å². The summed E-state index contributed by atoms with van der Waals surface area (Å²) in [6.07, 6.45) is 5.09. The van der Waals surface area contributed by atoms with Crippen molar-refractivity contribution >= 4 is 35.1 Å². The summed E-state index contributed by atoms with van der Waals surface area (Å²) in [5, 5.41) is 0. The minimum absolute atomic E-state index is 0.0673. The van der Waals surface area contributed by atoms with E-state index in [1.165, 1.54) is 4.90 Å². The smallest absolute Gasteiger partial charge is 0.316 e. The van der Waals surface area contributed by atoms with Gasteiger partial charge < -0.3 is 14.4 Å². The molecular weight excluding hydrogens is 460 g/mol. The van der Waals surface area contributed by atoms with Gasteiger partial charge in [0.25, 0.3) is 0 Å². The van der Waals surface area contributed by atoms with Gasteiger partial charge in [-0.25, -0.2) is 4.90 Å². The first-order chi connectivity index (χ1) is 17.4. The lowest BCUT2D eigenvalue weighted by Gasteiger charge is -2.20. The van der Waals surface area contributed by atoms with Crippen molar-refractivity contribution in [2.75, 3.05) is 23.5 Å². The first-order valence-corrected chi connectivity index (χ1v) is 12.2. The molecule has 36 heavy (non-hydrogen) atoms. The molecule has 0 N–H and O–H groups in total. The first kappa shape index (κ1) is 22.5. The Bertz CT molecular complexity index is 1290. The van der Waals surface area contributed by atoms with E-state index in [1.807, 2.05) is 0 Å². The number of methoxy groups -OCH3 is 1. The van der Waals surface area contributed by atoms with Crippen LogP contribution in [0.3, 0.4) is 0 Å². The molecule has 2 bridgehead atoms. The lowest BCUT2D eigenvalue weighted by molar-refractivity contribution is -0.139. The molecule has 2 aromatic rings. The molecule has 8 nitrogen and oxygen atoms in total. The standard InChI is InChI=1S/C28H26N2O6/c1-15-11-21(9-10-22(15)30-26(32)24-16-3-4-17(12-16)25(24)27(30)33)36-28(34)18-13-23(31)29(14-18)19-5-7-20(35-2)8-6-19/h3-11,16-18,24-25H,12-14H2,1-2H3/t16-,17-,18-,24-,25+/m0/s1. The van der Waals surface area contributed by atoms with Crippen molar-refractivity contribution in [3.8, 4) is 11.5 Å². The topological polar surface area (TPSA) is 93.2 Å². The number of imide groups is 1. The van der Waals surface area contributed by atoms with Gasteiger partial charge in [0.2, 0.25) is 17.7 Å². The van der Waals surface area contributed by atoms with Gasteiger partial charge in [0.15, 0.2) is 0 Å². The fourth-order valence-corrected chi connectivity index (χ4v) is 6.16. The fraction of sp³-hybridized carbons (Fsp3) is 0.357. The van der Waals surface area contributed by atoms with Gasteiger partial charge in [0.05, 0.1) is 30.6 Å². The number of hydrogen-bond donors (Lipinski definition) is 0. The van der Waals surface area contributed by atoms with E-state index >= 15 is 0 Å². The molecule has 2 heterocycles. The third kappa shape index (κ3) is 3.43. The maximum Gasteiger partial charge on any atom is 0.316 e. The molecule has 2 saturated heterocycles. The average Bonchev–Trinajstić information content (AvgIpc) is 3.64. The van der Waals surface area contributed by atoms with E-state index in [4.69, 9.17) is 9.47 Å². The summed E-state index contributed by atoms with van der Waals surface area (Å²) in [7, 11) is 1.57. The number of carbonyl (C=O) groups excluding carboxylic acids is 4. The molecule has 184 valence electrons. The van der Waals surface area contributed by atoms with Crippen LogP contribution >= 0.6 is 0 Å². The van der Waals surface area contributed by atoms with Crippen LogP contribution in [0.2, 0.25) is 0 Å². The number of anilines is 2. The van der Waals surface area contributed by atoms with Crippen LogP contribution in [0.1, 0.15) is 18.4 Å². The van der Waals surface area contributed by atoms with E-state index in [9.17, 15) is 19.2 Å². The van der Waals surface area contributed by atoms with Gasteiger partial charge in [0.1, 0.15) is 11.5 Å². The van der Waals surface area contributed by atoms with E-state index in [1.54, 1.807) is 61.4 Å². The van der Waals surface area contributed by atoms with Gasteiger partial charge >= 0.3 is 5.97 Å². The molecule has 6 rings (SSSR count). The Morgan fingerprint density at radius 3 is 2.17 bits per heavy atom. The molecule has 2 aliphatic carbocycles. The number of nitrogens with zero attached hydrogens (tertiary/aromatic N) is 2. The highest BCUT2D eigenvalue weighted by molar-refractivity contribution is 6.23. The van der Waals surface area contributed by atoms with Gasteiger partial charge in [-0.3, -0.25) is 19.2 Å². The Morgan fingerprint density at radius 2 is 1.56 bits per heavy atom. The molecule has 4 aliphatic rings. The summed E-state index contributed by atoms with van der Waals surface area (Å²) in [5.74, 6) is -0.745. The Morgan fingerprint density at radius 1 is 0.917 bits per heavy atom. The number of hydrogen-bond acceptors (Lipinski definition) is 6. The van der Waals surface area contributed by atoms with Crippen LogP contribution in [-0.2, 0) is 19.2 Å². The molecule has 5 atom stereocenters. The highest BCUT2D eigenvalue weighted by Crippen LogP contribution is 2.53. The van der Waals surface area contributed by atoms with Crippen molar-refractivity contribution in [2.24, 2.45) is 29.6 Å². The molecule has 3 fully saturated rings. The van der Waals surface area contributed by atoms with Gasteiger partial charge in [-0.1, -0.05) is 12.2 Å². The molecule has 2 aromatic carbocycles. The summed E-state index contributed by atoms with van der Waals surface area (Å²) in [4.78, 5) is 54.6. The Balaban J connectivity index is 1.14. The van der Waals surface area contributed by atoms with E-state index in [2.05, 4.69) is 12.2 Å². The van der Waals surface area contributed by atoms with Gasteiger partial charge in [-0.05, 0) is 73.2 Å². The molecule has 0 radical (unpaired) electrons. The molecule has 8 heteroatoms. The number of ether oxygens (including phenoxy) is 2. The molecule has 2 aliphatic heterocycles. The summed E-state index contributed by atoms with van der Waals surface area (Å²) >= 11 is 0. The van der Waals surface area contributed by atoms with Crippen LogP contribution in [0.4, 0.5) is 11.4 Å². The highest BCUT2D eigenvalue weighted by atomic mass is 16.5. The summed E-state index contributed by atoms with van der Waals surface area (Å²) < 4.78 is 10.8. The molecule has 1 saturated carbocycles. The van der Waals surface area contributed by atoms with Crippen LogP contribution in [0.15, 0.2) is 54.6 Å². The summed E-state index contributed by atoms with van der Waals surface area (Å²) in [6, 6.07) is 12.0. The maximum atomic E-state index is 13.1. The normalized spacial score (nSPS) is 28.3. The van der Waals surface area contributed by atoms with Crippen LogP contribution < -0.4 is 19.3 Å². The number of carbonyl (C=O) groups is 4. The third-order valence-corrected chi connectivity index (χ3v) is 7.94. The second kappa shape index (κ2) is 8.33. The number of aryl methyl sites for hydroxylation is 1. The van der Waals surface area contributed by atoms with E-state index in [0.29, 0.717) is 28.4 Å². The zero-order valence-electron chi connectivity index (χ0n) is 20.0. The van der Waals surface area contributed by atoms with Gasteiger partial charge in [-0.2, -0.15) is 0 Å². The van der Waals surface area contributed by atoms with Crippen molar-refractivity contribution in [1.82, 2.24) is 0 Å². The van der Waals surface area contributed by atoms with Crippen molar-refractivity contribution < 1.29 is 28.7 Å². The summed E-state index contributed by atoms with van der Waals surface area (Å²) in [6.45, 7) is 2.02. The molecule has 0 unspecified atom stereocenters. The van der Waals surface area contributed by atoms with Crippen molar-refractivity contribution in [3.05, 3.63) is 60.2 Å². The number of esters is 1. The van der Waals surface area contributed by atoms with Crippen LogP contribution in [0.5, 0.6) is 11.5 Å². The lowest BCUT2D eigenvalue weighted by atomic mass is 9.85. The SMILES string of the molecule is COc1ccc(N2C[C@@H](C(=O)Oc3ccc(N4C(=O)[C@@H]5[C@H](C4=O)[C@H]4C=C[C@H]5C4)c(C)c3)CC2=O)cc1.